The molecule has 3 rings (SSSR count). The fourth-order valence-electron chi connectivity index (χ4n) is 2.44. The number of urea groups is 2. The number of nitrogens with zero attached hydrogens (tertiary/aromatic N) is 4. The van der Waals surface area contributed by atoms with Gasteiger partial charge in [0.25, 0.3) is 0 Å². The summed E-state index contributed by atoms with van der Waals surface area (Å²) in [6.07, 6.45) is 0.605. The fourth-order valence-corrected chi connectivity index (χ4v) is 2.44. The van der Waals surface area contributed by atoms with Crippen LogP contribution in [0.15, 0.2) is 12.1 Å². The van der Waals surface area contributed by atoms with Crippen molar-refractivity contribution in [3.8, 4) is 5.88 Å². The number of aromatic nitrogens is 2. The number of ether oxygens (including phenoxy) is 1. The van der Waals surface area contributed by atoms with Gasteiger partial charge < -0.3 is 15.0 Å². The quantitative estimate of drug-likeness (QED) is 0.851. The molecule has 1 aromatic heterocycles. The second-order valence-electron chi connectivity index (χ2n) is 5.15. The lowest BCUT2D eigenvalue weighted by Gasteiger charge is -2.21. The molecule has 2 saturated heterocycles. The van der Waals surface area contributed by atoms with E-state index in [0.29, 0.717) is 32.1 Å². The summed E-state index contributed by atoms with van der Waals surface area (Å²) in [5.74, 6) is 0.457. The third kappa shape index (κ3) is 2.88. The van der Waals surface area contributed by atoms with Crippen LogP contribution < -0.4 is 10.1 Å². The Morgan fingerprint density at radius 2 is 2.24 bits per heavy atom. The smallest absolute Gasteiger partial charge is 0.328 e. The lowest BCUT2D eigenvalue weighted by atomic mass is 10.3. The van der Waals surface area contributed by atoms with Gasteiger partial charge in [0.1, 0.15) is 6.10 Å². The molecule has 3 heterocycles. The van der Waals surface area contributed by atoms with E-state index in [0.717, 1.165) is 12.1 Å². The number of hydrogen-bond acceptors (Lipinski definition) is 5. The first-order valence-electron chi connectivity index (χ1n) is 6.95. The maximum absolute atomic E-state index is 12.2. The lowest BCUT2D eigenvalue weighted by molar-refractivity contribution is 0.160. The second-order valence-corrected chi connectivity index (χ2v) is 5.15. The van der Waals surface area contributed by atoms with Gasteiger partial charge in [-0.3, -0.25) is 0 Å². The minimum atomic E-state index is -0.325. The molecule has 0 spiro atoms. The van der Waals surface area contributed by atoms with Crippen molar-refractivity contribution < 1.29 is 14.3 Å². The van der Waals surface area contributed by atoms with Crippen LogP contribution in [-0.4, -0.2) is 64.3 Å². The van der Waals surface area contributed by atoms with Crippen molar-refractivity contribution in [1.29, 1.82) is 0 Å². The van der Waals surface area contributed by atoms with Crippen LogP contribution in [-0.2, 0) is 0 Å². The zero-order valence-electron chi connectivity index (χ0n) is 11.8. The predicted octanol–water partition coefficient (Wildman–Crippen LogP) is 0.383. The molecule has 0 aromatic carbocycles. The van der Waals surface area contributed by atoms with Gasteiger partial charge in [0.05, 0.1) is 12.2 Å². The van der Waals surface area contributed by atoms with Crippen molar-refractivity contribution in [2.45, 2.75) is 19.4 Å². The number of carbonyl (C=O) groups excluding carboxylic acids is 2. The van der Waals surface area contributed by atoms with Gasteiger partial charge in [0, 0.05) is 32.1 Å². The maximum Gasteiger partial charge on any atom is 0.328 e. The summed E-state index contributed by atoms with van der Waals surface area (Å²) in [4.78, 5) is 26.6. The largest absolute Gasteiger partial charge is 0.471 e. The molecule has 2 aliphatic rings. The molecule has 2 aliphatic heterocycles. The molecule has 2 fully saturated rings. The highest BCUT2D eigenvalue weighted by molar-refractivity contribution is 5.95. The molecule has 1 aromatic rings. The first-order valence-corrected chi connectivity index (χ1v) is 6.95. The number of aryl methyl sites for hydroxylation is 1. The van der Waals surface area contributed by atoms with Crippen LogP contribution in [0.5, 0.6) is 5.88 Å². The van der Waals surface area contributed by atoms with Gasteiger partial charge in [-0.25, -0.2) is 14.5 Å². The van der Waals surface area contributed by atoms with Gasteiger partial charge in [-0.15, -0.1) is 5.10 Å². The zero-order valence-corrected chi connectivity index (χ0v) is 11.8. The molecule has 21 heavy (non-hydrogen) atoms. The van der Waals surface area contributed by atoms with E-state index in [-0.39, 0.29) is 18.2 Å². The van der Waals surface area contributed by atoms with Gasteiger partial charge in [-0.05, 0) is 13.0 Å². The highest BCUT2D eigenvalue weighted by atomic mass is 16.5. The van der Waals surface area contributed by atoms with Crippen molar-refractivity contribution in [2.75, 3.05) is 26.2 Å². The van der Waals surface area contributed by atoms with E-state index >= 15 is 0 Å². The number of nitrogens with one attached hydrogen (secondary N) is 1. The van der Waals surface area contributed by atoms with E-state index in [4.69, 9.17) is 4.74 Å². The van der Waals surface area contributed by atoms with Gasteiger partial charge in [-0.1, -0.05) is 0 Å². The number of amides is 4. The predicted molar refractivity (Wildman–Crippen MR) is 72.9 cm³/mol. The molecular formula is C13H17N5O3. The molecule has 8 heteroatoms. The fraction of sp³-hybridized carbons (Fsp3) is 0.538. The van der Waals surface area contributed by atoms with Crippen molar-refractivity contribution in [2.24, 2.45) is 0 Å². The van der Waals surface area contributed by atoms with Gasteiger partial charge in [-0.2, -0.15) is 5.10 Å². The summed E-state index contributed by atoms with van der Waals surface area (Å²) in [5.41, 5.74) is 0.825. The van der Waals surface area contributed by atoms with E-state index in [9.17, 15) is 9.59 Å². The molecule has 1 unspecified atom stereocenters. The summed E-state index contributed by atoms with van der Waals surface area (Å²) in [6, 6.07) is 3.01. The molecule has 0 aliphatic carbocycles. The van der Waals surface area contributed by atoms with Crippen molar-refractivity contribution in [3.05, 3.63) is 17.8 Å². The Morgan fingerprint density at radius 1 is 1.38 bits per heavy atom. The normalized spacial score (nSPS) is 21.6. The monoisotopic (exact) mass is 291 g/mol. The third-order valence-corrected chi connectivity index (χ3v) is 3.56. The van der Waals surface area contributed by atoms with Crippen LogP contribution >= 0.6 is 0 Å². The first kappa shape index (κ1) is 13.6. The Bertz CT molecular complexity index is 547. The maximum atomic E-state index is 12.2. The summed E-state index contributed by atoms with van der Waals surface area (Å²) in [6.45, 7) is 3.82. The van der Waals surface area contributed by atoms with Gasteiger partial charge >= 0.3 is 12.1 Å². The molecule has 0 saturated carbocycles. The SMILES string of the molecule is Cc1ccc(OC2CCN(C(=O)N3CCNC3=O)C2)nn1. The van der Waals surface area contributed by atoms with Crippen LogP contribution in [0.4, 0.5) is 9.59 Å². The van der Waals surface area contributed by atoms with Crippen molar-refractivity contribution in [3.63, 3.8) is 0 Å². The first-order chi connectivity index (χ1) is 10.1. The average Bonchev–Trinajstić information content (AvgIpc) is 3.10. The third-order valence-electron chi connectivity index (χ3n) is 3.56. The summed E-state index contributed by atoms with van der Waals surface area (Å²) < 4.78 is 5.71. The molecule has 0 radical (unpaired) electrons. The number of likely N-dealkylation sites (tertiary alicyclic amines) is 1. The number of imide groups is 1. The number of hydrogen-bond donors (Lipinski definition) is 1. The summed E-state index contributed by atoms with van der Waals surface area (Å²) in [7, 11) is 0. The number of carbonyl (C=O) groups is 2. The van der Waals surface area contributed by atoms with Gasteiger partial charge in [0.2, 0.25) is 5.88 Å². The van der Waals surface area contributed by atoms with E-state index in [1.54, 1.807) is 11.0 Å². The Hall–Kier alpha value is -2.38. The minimum absolute atomic E-state index is 0.114. The highest BCUT2D eigenvalue weighted by Crippen LogP contribution is 2.18. The van der Waals surface area contributed by atoms with E-state index < -0.39 is 0 Å². The standard InChI is InChI=1S/C13H17N5O3/c1-9-2-3-11(16-15-9)21-10-4-6-17(8-10)13(20)18-7-5-14-12(18)19/h2-3,10H,4-8H2,1H3,(H,14,19). The van der Waals surface area contributed by atoms with Crippen LogP contribution in [0.1, 0.15) is 12.1 Å². The Morgan fingerprint density at radius 3 is 2.90 bits per heavy atom. The molecule has 4 amide bonds. The Kier molecular flexibility index (Phi) is 3.59. The molecule has 8 nitrogen and oxygen atoms in total. The van der Waals surface area contributed by atoms with E-state index in [2.05, 4.69) is 15.5 Å². The molecular weight excluding hydrogens is 274 g/mol. The average molecular weight is 291 g/mol. The van der Waals surface area contributed by atoms with Crippen LogP contribution in [0.2, 0.25) is 0 Å². The lowest BCUT2D eigenvalue weighted by Crippen LogP contribution is -2.44. The van der Waals surface area contributed by atoms with Crippen molar-refractivity contribution in [1.82, 2.24) is 25.3 Å². The topological polar surface area (TPSA) is 87.7 Å². The second kappa shape index (κ2) is 5.55. The van der Waals surface area contributed by atoms with Crippen LogP contribution in [0.3, 0.4) is 0 Å². The van der Waals surface area contributed by atoms with Gasteiger partial charge in [0.15, 0.2) is 0 Å². The van der Waals surface area contributed by atoms with E-state index in [1.165, 1.54) is 4.90 Å². The van der Waals surface area contributed by atoms with E-state index in [1.807, 2.05) is 13.0 Å². The molecule has 112 valence electrons. The van der Waals surface area contributed by atoms with Crippen LogP contribution in [0.25, 0.3) is 0 Å². The van der Waals surface area contributed by atoms with Crippen LogP contribution in [0, 0.1) is 6.92 Å². The summed E-state index contributed by atoms with van der Waals surface area (Å²) >= 11 is 0. The highest BCUT2D eigenvalue weighted by Gasteiger charge is 2.35. The Labute approximate surface area is 122 Å². The molecule has 1 atom stereocenters. The minimum Gasteiger partial charge on any atom is -0.471 e. The Balaban J connectivity index is 1.56. The van der Waals surface area contributed by atoms with Crippen molar-refractivity contribution >= 4 is 12.1 Å². The molecule has 0 bridgehead atoms. The zero-order chi connectivity index (χ0) is 14.8. The summed E-state index contributed by atoms with van der Waals surface area (Å²) in [5, 5.41) is 10.5. The number of rotatable bonds is 2. The molecule has 1 N–H and O–H groups in total.